The molecule has 0 aliphatic rings. The first kappa shape index (κ1) is 23.8. The van der Waals surface area contributed by atoms with Gasteiger partial charge >= 0.3 is 0 Å². The number of nitrogens with zero attached hydrogens (tertiary/aromatic N) is 1. The van der Waals surface area contributed by atoms with Crippen LogP contribution in [0.4, 0.5) is 0 Å². The zero-order valence-electron chi connectivity index (χ0n) is 19.5. The van der Waals surface area contributed by atoms with Crippen LogP contribution in [0.3, 0.4) is 0 Å². The fourth-order valence-corrected chi connectivity index (χ4v) is 5.03. The Hall–Kier alpha value is -1.87. The molecule has 31 heavy (non-hydrogen) atoms. The molecule has 0 spiro atoms. The number of hydrogen-bond donors (Lipinski definition) is 0. The molecule has 168 valence electrons. The Balaban J connectivity index is 1.47. The van der Waals surface area contributed by atoms with Gasteiger partial charge in [-0.25, -0.2) is 0 Å². The predicted octanol–water partition coefficient (Wildman–Crippen LogP) is 9.49. The topological polar surface area (TPSA) is 26.0 Å². The summed E-state index contributed by atoms with van der Waals surface area (Å²) in [6.45, 7) is 4.53. The molecule has 3 heteroatoms. The lowest BCUT2D eigenvalue weighted by molar-refractivity contribution is 0.435. The van der Waals surface area contributed by atoms with Crippen LogP contribution < -0.4 is 0 Å². The minimum atomic E-state index is 0.857. The van der Waals surface area contributed by atoms with E-state index in [2.05, 4.69) is 61.5 Å². The van der Waals surface area contributed by atoms with Gasteiger partial charge in [-0.05, 0) is 43.4 Å². The Morgan fingerprint density at radius 2 is 1.35 bits per heavy atom. The van der Waals surface area contributed by atoms with Crippen LogP contribution in [0.1, 0.15) is 94.9 Å². The van der Waals surface area contributed by atoms with Gasteiger partial charge in [0.15, 0.2) is 5.76 Å². The van der Waals surface area contributed by atoms with Gasteiger partial charge in [0.2, 0.25) is 0 Å². The van der Waals surface area contributed by atoms with Crippen molar-refractivity contribution in [1.82, 2.24) is 5.16 Å². The van der Waals surface area contributed by atoms with Crippen molar-refractivity contribution in [2.24, 2.45) is 0 Å². The highest BCUT2D eigenvalue weighted by Gasteiger charge is 2.11. The minimum absolute atomic E-state index is 0.857. The highest BCUT2D eigenvalue weighted by molar-refractivity contribution is 7.15. The van der Waals surface area contributed by atoms with Crippen LogP contribution in [0, 0.1) is 0 Å². The molecular weight excluding hydrogens is 398 g/mol. The summed E-state index contributed by atoms with van der Waals surface area (Å²) in [5.74, 6) is 0.857. The lowest BCUT2D eigenvalue weighted by atomic mass is 10.0. The van der Waals surface area contributed by atoms with E-state index < -0.39 is 0 Å². The van der Waals surface area contributed by atoms with Crippen LogP contribution in [0.15, 0.2) is 47.0 Å². The van der Waals surface area contributed by atoms with Crippen molar-refractivity contribution in [3.8, 4) is 21.9 Å². The quantitative estimate of drug-likeness (QED) is 0.221. The van der Waals surface area contributed by atoms with Crippen molar-refractivity contribution in [1.29, 1.82) is 0 Å². The average Bonchev–Trinajstić information content (AvgIpc) is 3.46. The monoisotopic (exact) mass is 437 g/mol. The summed E-state index contributed by atoms with van der Waals surface area (Å²) in [5, 5.41) is 4.33. The van der Waals surface area contributed by atoms with Gasteiger partial charge in [0.1, 0.15) is 5.69 Å². The SMILES string of the molecule is CCCCCCCCCc1ccc(-c2cc(-c3ccc(CCCCCC)s3)no2)cc1. The minimum Gasteiger partial charge on any atom is -0.356 e. The van der Waals surface area contributed by atoms with Crippen molar-refractivity contribution in [3.05, 3.63) is 52.9 Å². The Bertz CT molecular complexity index is 861. The van der Waals surface area contributed by atoms with Crippen LogP contribution in [0.2, 0.25) is 0 Å². The van der Waals surface area contributed by atoms with E-state index >= 15 is 0 Å². The maximum absolute atomic E-state index is 5.67. The third-order valence-corrected chi connectivity index (χ3v) is 7.18. The van der Waals surface area contributed by atoms with Gasteiger partial charge in [0.05, 0.1) is 4.88 Å². The molecule has 0 bridgehead atoms. The van der Waals surface area contributed by atoms with Gasteiger partial charge in [0, 0.05) is 16.5 Å². The first-order valence-corrected chi connectivity index (χ1v) is 13.3. The number of aromatic nitrogens is 1. The molecule has 0 aliphatic heterocycles. The van der Waals surface area contributed by atoms with Crippen LogP contribution in [0.25, 0.3) is 21.9 Å². The number of unbranched alkanes of at least 4 members (excludes halogenated alkanes) is 9. The van der Waals surface area contributed by atoms with E-state index in [9.17, 15) is 0 Å². The average molecular weight is 438 g/mol. The molecule has 3 rings (SSSR count). The number of rotatable bonds is 15. The number of benzene rings is 1. The standard InChI is InChI=1S/C28H39NOS/c1-3-5-7-9-10-11-12-14-23-16-18-24(19-17-23)27-22-26(29-30-27)28-21-20-25(31-28)15-13-8-6-4-2/h16-22H,3-15H2,1-2H3. The molecular formula is C28H39NOS. The predicted molar refractivity (Wildman–Crippen MR) is 135 cm³/mol. The second-order valence-electron chi connectivity index (χ2n) is 8.72. The molecule has 3 aromatic rings. The normalized spacial score (nSPS) is 11.3. The van der Waals surface area contributed by atoms with Crippen LogP contribution in [0.5, 0.6) is 0 Å². The molecule has 0 N–H and O–H groups in total. The van der Waals surface area contributed by atoms with Gasteiger partial charge in [-0.1, -0.05) is 101 Å². The zero-order chi connectivity index (χ0) is 21.7. The van der Waals surface area contributed by atoms with Crippen molar-refractivity contribution in [3.63, 3.8) is 0 Å². The Morgan fingerprint density at radius 3 is 2.10 bits per heavy atom. The maximum Gasteiger partial charge on any atom is 0.167 e. The first-order valence-electron chi connectivity index (χ1n) is 12.4. The number of aryl methyl sites for hydroxylation is 2. The zero-order valence-corrected chi connectivity index (χ0v) is 20.3. The van der Waals surface area contributed by atoms with Gasteiger partial charge in [0.25, 0.3) is 0 Å². The molecule has 1 aromatic carbocycles. The molecule has 0 radical (unpaired) electrons. The largest absolute Gasteiger partial charge is 0.356 e. The van der Waals surface area contributed by atoms with Crippen molar-refractivity contribution in [2.45, 2.75) is 97.3 Å². The lowest BCUT2D eigenvalue weighted by Gasteiger charge is -2.03. The van der Waals surface area contributed by atoms with Crippen LogP contribution in [-0.2, 0) is 12.8 Å². The smallest absolute Gasteiger partial charge is 0.167 e. The molecule has 2 heterocycles. The van der Waals surface area contributed by atoms with Gasteiger partial charge in [-0.3, -0.25) is 0 Å². The fraction of sp³-hybridized carbons (Fsp3) is 0.536. The second-order valence-corrected chi connectivity index (χ2v) is 9.89. The molecule has 0 unspecified atom stereocenters. The summed E-state index contributed by atoms with van der Waals surface area (Å²) in [4.78, 5) is 2.65. The van der Waals surface area contributed by atoms with E-state index in [1.54, 1.807) is 0 Å². The maximum atomic E-state index is 5.67. The molecule has 0 saturated carbocycles. The van der Waals surface area contributed by atoms with Crippen molar-refractivity contribution >= 4 is 11.3 Å². The van der Waals surface area contributed by atoms with Gasteiger partial charge < -0.3 is 4.52 Å². The highest BCUT2D eigenvalue weighted by atomic mass is 32.1. The summed E-state index contributed by atoms with van der Waals surface area (Å²) in [5.41, 5.74) is 3.48. The van der Waals surface area contributed by atoms with Crippen molar-refractivity contribution in [2.75, 3.05) is 0 Å². The van der Waals surface area contributed by atoms with E-state index in [1.807, 2.05) is 11.3 Å². The molecule has 0 aliphatic carbocycles. The molecule has 2 nitrogen and oxygen atoms in total. The first-order chi connectivity index (χ1) is 15.3. The lowest BCUT2D eigenvalue weighted by Crippen LogP contribution is -1.86. The van der Waals surface area contributed by atoms with Crippen LogP contribution >= 0.6 is 11.3 Å². The van der Waals surface area contributed by atoms with Gasteiger partial charge in [-0.15, -0.1) is 11.3 Å². The third kappa shape index (κ3) is 7.96. The Labute approximate surface area is 193 Å². The van der Waals surface area contributed by atoms with Crippen molar-refractivity contribution < 1.29 is 4.52 Å². The number of thiophene rings is 1. The van der Waals surface area contributed by atoms with E-state index in [1.165, 1.54) is 98.8 Å². The summed E-state index contributed by atoms with van der Waals surface area (Å²) < 4.78 is 5.67. The molecule has 0 fully saturated rings. The van der Waals surface area contributed by atoms with E-state index in [-0.39, 0.29) is 0 Å². The number of hydrogen-bond acceptors (Lipinski definition) is 3. The summed E-state index contributed by atoms with van der Waals surface area (Å²) in [6.07, 6.45) is 17.1. The molecule has 0 saturated heterocycles. The fourth-order valence-electron chi connectivity index (χ4n) is 4.03. The van der Waals surface area contributed by atoms with Crippen LogP contribution in [-0.4, -0.2) is 5.16 Å². The summed E-state index contributed by atoms with van der Waals surface area (Å²) in [7, 11) is 0. The highest BCUT2D eigenvalue weighted by Crippen LogP contribution is 2.31. The van der Waals surface area contributed by atoms with E-state index in [0.717, 1.165) is 17.0 Å². The molecule has 0 atom stereocenters. The Kier molecular flexibility index (Phi) is 10.4. The Morgan fingerprint density at radius 1 is 0.710 bits per heavy atom. The van der Waals surface area contributed by atoms with E-state index in [4.69, 9.17) is 4.52 Å². The second kappa shape index (κ2) is 13.5. The third-order valence-electron chi connectivity index (χ3n) is 6.01. The summed E-state index contributed by atoms with van der Waals surface area (Å²) >= 11 is 1.85. The van der Waals surface area contributed by atoms with Gasteiger partial charge in [-0.2, -0.15) is 0 Å². The van der Waals surface area contributed by atoms with E-state index in [0.29, 0.717) is 0 Å². The molecule has 0 amide bonds. The summed E-state index contributed by atoms with van der Waals surface area (Å²) in [6, 6.07) is 15.4. The molecule has 2 aromatic heterocycles.